The maximum Gasteiger partial charge on any atom is 0.345 e. The number of carbonyl (C=O) groups is 1. The Hall–Kier alpha value is -4.01. The second-order valence-corrected chi connectivity index (χ2v) is 19.6. The predicted octanol–water partition coefficient (Wildman–Crippen LogP) is 12.3. The lowest BCUT2D eigenvalue weighted by atomic mass is 9.96. The molecular weight excluding hydrogens is 767 g/mol. The van der Waals surface area contributed by atoms with Crippen LogP contribution in [0.25, 0.3) is 32.0 Å². The summed E-state index contributed by atoms with van der Waals surface area (Å²) < 4.78 is 12.0. The van der Waals surface area contributed by atoms with Gasteiger partial charge in [-0.05, 0) is 103 Å². The third-order valence-corrected chi connectivity index (χ3v) is 14.9. The van der Waals surface area contributed by atoms with Crippen molar-refractivity contribution in [3.8, 4) is 32.4 Å². The van der Waals surface area contributed by atoms with Crippen LogP contribution < -0.4 is 25.6 Å². The average Bonchev–Trinajstić information content (AvgIpc) is 4.00. The fraction of sp³-hybridized carbons (Fsp3) is 0.442. The molecule has 1 atom stereocenters. The number of hydrogen-bond acceptors (Lipinski definition) is 7. The molecule has 5 nitrogen and oxygen atoms in total. The third kappa shape index (κ3) is 9.65. The number of carbonyl (C=O) groups excluding carboxylic acids is 1. The van der Waals surface area contributed by atoms with Gasteiger partial charge >= 0.3 is 5.97 Å². The van der Waals surface area contributed by atoms with E-state index in [0.717, 1.165) is 40.3 Å². The first-order valence-corrected chi connectivity index (χ1v) is 23.9. The highest BCUT2D eigenvalue weighted by atomic mass is 32.1. The van der Waals surface area contributed by atoms with Gasteiger partial charge in [-0.1, -0.05) is 140 Å². The van der Waals surface area contributed by atoms with Crippen LogP contribution >= 0.6 is 22.7 Å². The number of fused-ring (bicyclic) bond motifs is 3. The fourth-order valence-corrected chi connectivity index (χ4v) is 11.1. The summed E-state index contributed by atoms with van der Waals surface area (Å²) in [5, 5.41) is 12.7. The molecule has 0 saturated carbocycles. The van der Waals surface area contributed by atoms with Crippen molar-refractivity contribution in [3.63, 3.8) is 0 Å². The second-order valence-electron chi connectivity index (χ2n) is 17.5. The number of hydrogen-bond donors (Lipinski definition) is 2. The Bertz CT molecular complexity index is 2360. The molecular formula is C52H63NO4S2. The Kier molecular flexibility index (Phi) is 14.0. The van der Waals surface area contributed by atoms with E-state index in [2.05, 4.69) is 77.9 Å². The van der Waals surface area contributed by atoms with E-state index in [-0.39, 0.29) is 0 Å². The van der Waals surface area contributed by atoms with E-state index in [4.69, 9.17) is 15.2 Å². The molecule has 0 saturated heterocycles. The first-order valence-electron chi connectivity index (χ1n) is 22.2. The number of unbranched alkanes of at least 4 members (excludes halogenated alkanes) is 10. The maximum atomic E-state index is 13.5. The van der Waals surface area contributed by atoms with Gasteiger partial charge in [0, 0.05) is 41.1 Å². The number of rotatable bonds is 20. The molecule has 312 valence electrons. The van der Waals surface area contributed by atoms with E-state index in [1.165, 1.54) is 108 Å². The standard InChI is InChI=1S/C52H63NO4S2/c1-7-9-11-13-15-17-19-38-31-42(58-48(38)33(3)4)34-21-25-36(26-22-34)44-40-29-30-41-45(51(55)57-47(41)46(40)56-50(44)54)37-27-23-35(24-28-37)43-32-39(49(59-43)52(5,6)53)20-18-16-14-12-10-8-2/h21-33,51,55H,7-20,53H2,1-6H3. The van der Waals surface area contributed by atoms with Gasteiger partial charge in [0.05, 0.1) is 5.57 Å². The molecule has 0 aliphatic carbocycles. The van der Waals surface area contributed by atoms with E-state index in [1.807, 2.05) is 47.7 Å². The van der Waals surface area contributed by atoms with Crippen molar-refractivity contribution in [1.29, 1.82) is 0 Å². The van der Waals surface area contributed by atoms with Crippen LogP contribution in [-0.4, -0.2) is 17.4 Å². The van der Waals surface area contributed by atoms with Crippen molar-refractivity contribution < 1.29 is 19.4 Å². The molecule has 1 unspecified atom stereocenters. The molecule has 2 aliphatic rings. The number of thiophene rings is 2. The van der Waals surface area contributed by atoms with E-state index in [0.29, 0.717) is 33.8 Å². The molecule has 0 amide bonds. The van der Waals surface area contributed by atoms with E-state index in [9.17, 15) is 9.90 Å². The van der Waals surface area contributed by atoms with Gasteiger partial charge in [-0.25, -0.2) is 4.79 Å². The normalized spacial score (nSPS) is 14.9. The van der Waals surface area contributed by atoms with Crippen LogP contribution in [0.4, 0.5) is 0 Å². The molecule has 3 aromatic carbocycles. The molecule has 2 aromatic heterocycles. The van der Waals surface area contributed by atoms with Crippen molar-refractivity contribution in [3.05, 3.63) is 115 Å². The van der Waals surface area contributed by atoms with Crippen LogP contribution in [0.1, 0.15) is 157 Å². The van der Waals surface area contributed by atoms with Crippen LogP contribution in [0.2, 0.25) is 0 Å². The molecule has 0 bridgehead atoms. The summed E-state index contributed by atoms with van der Waals surface area (Å²) in [6.45, 7) is 13.3. The topological polar surface area (TPSA) is 81.8 Å². The summed E-state index contributed by atoms with van der Waals surface area (Å²) in [5.74, 6) is 0.840. The van der Waals surface area contributed by atoms with Gasteiger partial charge < -0.3 is 20.3 Å². The highest BCUT2D eigenvalue weighted by Crippen LogP contribution is 2.40. The largest absolute Gasteiger partial charge is 0.456 e. The summed E-state index contributed by atoms with van der Waals surface area (Å²) in [6, 6.07) is 25.2. The van der Waals surface area contributed by atoms with Crippen molar-refractivity contribution in [2.24, 2.45) is 5.73 Å². The summed E-state index contributed by atoms with van der Waals surface area (Å²) >= 11 is 3.67. The van der Waals surface area contributed by atoms with E-state index >= 15 is 0 Å². The third-order valence-electron chi connectivity index (χ3n) is 11.8. The highest BCUT2D eigenvalue weighted by Gasteiger charge is 2.34. The highest BCUT2D eigenvalue weighted by molar-refractivity contribution is 7.16. The number of ether oxygens (including phenoxy) is 2. The zero-order valence-corrected chi connectivity index (χ0v) is 37.7. The molecule has 0 spiro atoms. The SMILES string of the molecule is CCCCCCCCc1cc(-c2ccc(C3=c4ccc5c(c4OC3=O)OC(O)C=5c3ccc(-c4cc(CCCCCCCC)c(C(C)(C)N)s4)cc3)cc2)sc1C(C)C. The molecule has 0 fully saturated rings. The quantitative estimate of drug-likeness (QED) is 0.0464. The summed E-state index contributed by atoms with van der Waals surface area (Å²) in [6.07, 6.45) is 16.4. The first kappa shape index (κ1) is 43.1. The van der Waals surface area contributed by atoms with Gasteiger partial charge in [0.15, 0.2) is 11.5 Å². The van der Waals surface area contributed by atoms with Gasteiger partial charge in [0.25, 0.3) is 0 Å². The first-order chi connectivity index (χ1) is 28.5. The number of aliphatic hydroxyl groups excluding tert-OH is 1. The van der Waals surface area contributed by atoms with Crippen LogP contribution in [-0.2, 0) is 23.2 Å². The fourth-order valence-electron chi connectivity index (χ4n) is 8.70. The summed E-state index contributed by atoms with van der Waals surface area (Å²) in [5.41, 5.74) is 14.2. The molecule has 7 heteroatoms. The van der Waals surface area contributed by atoms with Gasteiger partial charge in [-0.2, -0.15) is 0 Å². The molecule has 5 aromatic rings. The number of benzene rings is 3. The molecule has 7 rings (SSSR count). The molecule has 59 heavy (non-hydrogen) atoms. The number of esters is 1. The lowest BCUT2D eigenvalue weighted by molar-refractivity contribution is -0.127. The van der Waals surface area contributed by atoms with Crippen LogP contribution in [0.5, 0.6) is 11.5 Å². The van der Waals surface area contributed by atoms with Crippen molar-refractivity contribution in [2.75, 3.05) is 0 Å². The van der Waals surface area contributed by atoms with E-state index in [1.54, 1.807) is 11.3 Å². The van der Waals surface area contributed by atoms with Crippen LogP contribution in [0, 0.1) is 0 Å². The molecule has 3 N–H and O–H groups in total. The monoisotopic (exact) mass is 829 g/mol. The number of aliphatic hydroxyl groups is 1. The van der Waals surface area contributed by atoms with Gasteiger partial charge in [-0.3, -0.25) is 0 Å². The van der Waals surface area contributed by atoms with Gasteiger partial charge in [-0.15, -0.1) is 22.7 Å². The summed E-state index contributed by atoms with van der Waals surface area (Å²) in [7, 11) is 0. The number of aryl methyl sites for hydroxylation is 2. The van der Waals surface area contributed by atoms with Crippen molar-refractivity contribution >= 4 is 39.8 Å². The second kappa shape index (κ2) is 19.1. The minimum Gasteiger partial charge on any atom is -0.456 e. The minimum atomic E-state index is -1.19. The minimum absolute atomic E-state index is 0.366. The number of nitrogens with two attached hydrogens (primary N) is 1. The Morgan fingerprint density at radius 2 is 1.17 bits per heavy atom. The Morgan fingerprint density at radius 1 is 0.661 bits per heavy atom. The molecule has 4 heterocycles. The van der Waals surface area contributed by atoms with Crippen molar-refractivity contribution in [1.82, 2.24) is 0 Å². The Labute approximate surface area is 360 Å². The average molecular weight is 830 g/mol. The zero-order chi connectivity index (χ0) is 41.7. The maximum absolute atomic E-state index is 13.5. The van der Waals surface area contributed by atoms with Crippen LogP contribution in [0.15, 0.2) is 72.8 Å². The van der Waals surface area contributed by atoms with Gasteiger partial charge in [0.2, 0.25) is 6.29 Å². The van der Waals surface area contributed by atoms with Crippen molar-refractivity contribution in [2.45, 2.75) is 149 Å². The Morgan fingerprint density at radius 3 is 1.76 bits per heavy atom. The van der Waals surface area contributed by atoms with Gasteiger partial charge in [0.1, 0.15) is 0 Å². The van der Waals surface area contributed by atoms with Crippen LogP contribution in [0.3, 0.4) is 0 Å². The zero-order valence-electron chi connectivity index (χ0n) is 36.0. The smallest absolute Gasteiger partial charge is 0.345 e. The Balaban J connectivity index is 1.12. The lowest BCUT2D eigenvalue weighted by Gasteiger charge is -2.19. The summed E-state index contributed by atoms with van der Waals surface area (Å²) in [4.78, 5) is 18.7. The lowest BCUT2D eigenvalue weighted by Crippen LogP contribution is -2.28. The predicted molar refractivity (Wildman–Crippen MR) is 248 cm³/mol. The molecule has 2 aliphatic heterocycles. The molecule has 0 radical (unpaired) electrons. The van der Waals surface area contributed by atoms with E-state index < -0.39 is 17.8 Å².